The zero-order valence-electron chi connectivity index (χ0n) is 38.7. The van der Waals surface area contributed by atoms with Gasteiger partial charge in [-0.3, -0.25) is 0 Å². The van der Waals surface area contributed by atoms with E-state index >= 15 is 26.3 Å². The van der Waals surface area contributed by atoms with Gasteiger partial charge in [0.2, 0.25) is 0 Å². The third-order valence-electron chi connectivity index (χ3n) is 11.3. The van der Waals surface area contributed by atoms with Gasteiger partial charge in [-0.1, -0.05) is 36.4 Å². The second kappa shape index (κ2) is 23.5. The summed E-state index contributed by atoms with van der Waals surface area (Å²) in [4.78, 5) is 1.38. The highest BCUT2D eigenvalue weighted by Gasteiger charge is 2.80. The van der Waals surface area contributed by atoms with Crippen LogP contribution in [0.15, 0.2) is 109 Å². The molecule has 16 heteroatoms. The van der Waals surface area contributed by atoms with E-state index in [1.807, 2.05) is 60.7 Å². The Kier molecular flexibility index (Phi) is 17.5. The number of benzene rings is 4. The maximum atomic E-state index is 16.2. The lowest BCUT2D eigenvalue weighted by molar-refractivity contribution is -0.254. The lowest BCUT2D eigenvalue weighted by Gasteiger charge is -2.26. The number of aryl methyl sites for hydroxylation is 2. The number of ether oxygens (including phenoxy) is 8. The summed E-state index contributed by atoms with van der Waals surface area (Å²) < 4.78 is 141. The summed E-state index contributed by atoms with van der Waals surface area (Å²) in [7, 11) is 0. The number of halogens is 6. The van der Waals surface area contributed by atoms with Crippen LogP contribution >= 0.6 is 22.7 Å². The third kappa shape index (κ3) is 12.0. The van der Waals surface area contributed by atoms with E-state index in [-0.39, 0.29) is 45.2 Å². The second-order valence-corrected chi connectivity index (χ2v) is 18.4. The Balaban J connectivity index is 0.966. The minimum atomic E-state index is -5.70. The molecule has 1 aliphatic carbocycles. The fraction of sp³-hybridized carbons (Fsp3) is 0.358. The molecule has 7 rings (SSSR count). The van der Waals surface area contributed by atoms with Gasteiger partial charge >= 0.3 is 17.8 Å². The molecule has 4 aromatic carbocycles. The first-order chi connectivity index (χ1) is 33.2. The van der Waals surface area contributed by atoms with Gasteiger partial charge in [-0.15, -0.1) is 22.7 Å². The van der Waals surface area contributed by atoms with Gasteiger partial charge in [-0.05, 0) is 123 Å². The van der Waals surface area contributed by atoms with E-state index in [4.69, 9.17) is 37.9 Å². The van der Waals surface area contributed by atoms with Crippen LogP contribution in [-0.4, -0.2) is 97.1 Å². The molecule has 8 nitrogen and oxygen atoms in total. The number of hydrogen-bond donors (Lipinski definition) is 0. The number of alkyl halides is 6. The van der Waals surface area contributed by atoms with Crippen LogP contribution in [0.3, 0.4) is 0 Å². The van der Waals surface area contributed by atoms with Gasteiger partial charge in [-0.2, -0.15) is 26.3 Å². The van der Waals surface area contributed by atoms with Gasteiger partial charge in [0.15, 0.2) is 0 Å². The van der Waals surface area contributed by atoms with Gasteiger partial charge < -0.3 is 37.9 Å². The highest BCUT2D eigenvalue weighted by molar-refractivity contribution is 7.16. The van der Waals surface area contributed by atoms with E-state index in [1.54, 1.807) is 48.5 Å². The molecule has 0 N–H and O–H groups in total. The van der Waals surface area contributed by atoms with E-state index < -0.39 is 28.9 Å². The maximum absolute atomic E-state index is 16.2. The van der Waals surface area contributed by atoms with Crippen LogP contribution in [0.25, 0.3) is 32.0 Å². The predicted molar refractivity (Wildman–Crippen MR) is 258 cm³/mol. The van der Waals surface area contributed by atoms with Crippen LogP contribution in [0.1, 0.15) is 32.0 Å². The summed E-state index contributed by atoms with van der Waals surface area (Å²) in [5, 5.41) is 0. The molecule has 2 heterocycles. The molecule has 69 heavy (non-hydrogen) atoms. The Morgan fingerprint density at radius 1 is 0.362 bits per heavy atom. The number of hydrogen-bond acceptors (Lipinski definition) is 10. The number of allylic oxidation sites excluding steroid dienone is 2. The zero-order valence-corrected chi connectivity index (χ0v) is 40.4. The van der Waals surface area contributed by atoms with Crippen molar-refractivity contribution in [3.8, 4) is 43.9 Å². The van der Waals surface area contributed by atoms with E-state index in [9.17, 15) is 0 Å². The van der Waals surface area contributed by atoms with Crippen LogP contribution < -0.4 is 18.9 Å². The molecule has 0 amide bonds. The standard InChI is InChI=1S/C53H54F6O8S2/c1-35-45(37(3)68-49(35)39-15-19-43(20-16-39)66-33-29-62-25-23-60-27-31-64-41-11-7-5-8-12-41)47-48(52(56,57)53(58,59)51(47,54)55)46-36(2)50(69-38(46)4)40-17-21-44(22-18-40)67-34-30-63-26-24-61-28-32-65-42-13-9-6-10-14-42/h5-22H,23-34H2,1-4H3. The minimum absolute atomic E-state index is 0.193. The largest absolute Gasteiger partial charge is 0.491 e. The molecular formula is C53H54F6O8S2. The molecule has 0 bridgehead atoms. The molecule has 0 saturated heterocycles. The van der Waals surface area contributed by atoms with E-state index in [2.05, 4.69) is 0 Å². The highest BCUT2D eigenvalue weighted by Crippen LogP contribution is 2.67. The van der Waals surface area contributed by atoms with E-state index in [1.165, 1.54) is 27.7 Å². The van der Waals surface area contributed by atoms with Crippen LogP contribution in [0.2, 0.25) is 0 Å². The van der Waals surface area contributed by atoms with Crippen molar-refractivity contribution < 1.29 is 64.2 Å². The molecule has 2 aromatic heterocycles. The second-order valence-electron chi connectivity index (χ2n) is 16.0. The van der Waals surface area contributed by atoms with E-state index in [0.717, 1.165) is 34.2 Å². The average molecular weight is 997 g/mol. The topological polar surface area (TPSA) is 73.8 Å². The van der Waals surface area contributed by atoms with Crippen molar-refractivity contribution in [3.05, 3.63) is 141 Å². The van der Waals surface area contributed by atoms with Crippen molar-refractivity contribution in [2.75, 3.05) is 79.3 Å². The number of rotatable bonds is 26. The van der Waals surface area contributed by atoms with Crippen LogP contribution in [0.4, 0.5) is 26.3 Å². The van der Waals surface area contributed by atoms with Crippen molar-refractivity contribution in [2.45, 2.75) is 45.5 Å². The first-order valence-corrected chi connectivity index (χ1v) is 24.1. The molecule has 0 fully saturated rings. The van der Waals surface area contributed by atoms with Gasteiger partial charge in [0.1, 0.15) is 49.4 Å². The normalized spacial score (nSPS) is 14.9. The third-order valence-corrected chi connectivity index (χ3v) is 13.8. The van der Waals surface area contributed by atoms with Gasteiger partial charge in [-0.25, -0.2) is 0 Å². The molecule has 0 spiro atoms. The summed E-state index contributed by atoms with van der Waals surface area (Å²) in [6.07, 6.45) is 0. The van der Waals surface area contributed by atoms with Crippen LogP contribution in [0.5, 0.6) is 23.0 Å². The fourth-order valence-corrected chi connectivity index (χ4v) is 10.3. The summed E-state index contributed by atoms with van der Waals surface area (Å²) >= 11 is 2.15. The molecule has 6 aromatic rings. The van der Waals surface area contributed by atoms with Crippen LogP contribution in [0, 0.1) is 27.7 Å². The summed E-state index contributed by atoms with van der Waals surface area (Å²) in [6.45, 7) is 10.2. The number of para-hydroxylation sites is 2. The van der Waals surface area contributed by atoms with Gasteiger partial charge in [0, 0.05) is 41.8 Å². The lowest BCUT2D eigenvalue weighted by atomic mass is 9.90. The molecular weight excluding hydrogens is 943 g/mol. The quantitative estimate of drug-likeness (QED) is 0.0393. The Morgan fingerprint density at radius 3 is 0.942 bits per heavy atom. The van der Waals surface area contributed by atoms with Crippen molar-refractivity contribution in [1.29, 1.82) is 0 Å². The zero-order chi connectivity index (χ0) is 49.0. The highest BCUT2D eigenvalue weighted by atomic mass is 32.1. The van der Waals surface area contributed by atoms with Crippen molar-refractivity contribution >= 4 is 33.8 Å². The van der Waals surface area contributed by atoms with Crippen molar-refractivity contribution in [2.24, 2.45) is 0 Å². The van der Waals surface area contributed by atoms with Crippen molar-refractivity contribution in [1.82, 2.24) is 0 Å². The molecule has 0 radical (unpaired) electrons. The van der Waals surface area contributed by atoms with Crippen molar-refractivity contribution in [3.63, 3.8) is 0 Å². The maximum Gasteiger partial charge on any atom is 0.380 e. The summed E-state index contributed by atoms with van der Waals surface area (Å²) in [5.74, 6) is -13.5. The molecule has 0 unspecified atom stereocenters. The molecule has 0 aliphatic heterocycles. The molecule has 368 valence electrons. The number of thiophene rings is 2. The average Bonchev–Trinajstić information content (AvgIpc) is 3.84. The Hall–Kier alpha value is -5.36. The predicted octanol–water partition coefficient (Wildman–Crippen LogP) is 13.2. The lowest BCUT2D eigenvalue weighted by Crippen LogP contribution is -2.49. The minimum Gasteiger partial charge on any atom is -0.491 e. The first kappa shape index (κ1) is 51.5. The van der Waals surface area contributed by atoms with Crippen LogP contribution in [-0.2, 0) is 18.9 Å². The monoisotopic (exact) mass is 996 g/mol. The Labute approximate surface area is 406 Å². The fourth-order valence-electron chi connectivity index (χ4n) is 7.94. The first-order valence-electron chi connectivity index (χ1n) is 22.4. The van der Waals surface area contributed by atoms with Gasteiger partial charge in [0.05, 0.1) is 52.9 Å². The summed E-state index contributed by atoms with van der Waals surface area (Å²) in [6, 6.07) is 32.5. The van der Waals surface area contributed by atoms with E-state index in [0.29, 0.717) is 98.4 Å². The van der Waals surface area contributed by atoms with Gasteiger partial charge in [0.25, 0.3) is 0 Å². The SMILES string of the molecule is Cc1sc(-c2ccc(OCCOCCOCCOc3ccccc3)cc2)c(C)c1C1=C(c2c(C)sc(-c3ccc(OCCOCCOCCOc4ccccc4)cc3)c2C)C(F)(F)C(F)(F)C1(F)F. The molecule has 0 atom stereocenters. The smallest absolute Gasteiger partial charge is 0.380 e. The summed E-state index contributed by atoms with van der Waals surface area (Å²) in [5.41, 5.74) is -1.77. The Bertz CT molecular complexity index is 2420. The molecule has 0 saturated carbocycles. The Morgan fingerprint density at radius 2 is 0.638 bits per heavy atom. The molecule has 1 aliphatic rings.